The lowest BCUT2D eigenvalue weighted by atomic mass is 10.1. The van der Waals surface area contributed by atoms with E-state index in [0.29, 0.717) is 11.0 Å². The summed E-state index contributed by atoms with van der Waals surface area (Å²) in [6.45, 7) is 9.30. The predicted molar refractivity (Wildman–Crippen MR) is 106 cm³/mol. The zero-order valence-electron chi connectivity index (χ0n) is 16.9. The molecule has 0 saturated heterocycles. The van der Waals surface area contributed by atoms with E-state index in [2.05, 4.69) is 20.8 Å². The van der Waals surface area contributed by atoms with Gasteiger partial charge in [0.05, 0.1) is 16.9 Å². The summed E-state index contributed by atoms with van der Waals surface area (Å²) < 4.78 is 15.5. The third kappa shape index (κ3) is 5.54. The van der Waals surface area contributed by atoms with E-state index >= 15 is 0 Å². The standard InChI is InChI=1S/C19H26FN5O2S/c1-11(21-17(27)13-9-7-8-10-14(13)20)15-23-24-18(25(15)6)28-12(2)16(26)22-19(3,4)5/h7-12H,1-6H3,(H,21,27)(H,22,26)/t11-,12-/m1/s1. The summed E-state index contributed by atoms with van der Waals surface area (Å²) >= 11 is 1.28. The maximum Gasteiger partial charge on any atom is 0.254 e. The van der Waals surface area contributed by atoms with Gasteiger partial charge in [-0.05, 0) is 46.8 Å². The van der Waals surface area contributed by atoms with Gasteiger partial charge >= 0.3 is 0 Å². The van der Waals surface area contributed by atoms with Gasteiger partial charge in [0.25, 0.3) is 5.91 Å². The number of rotatable bonds is 6. The van der Waals surface area contributed by atoms with Crippen molar-refractivity contribution in [1.82, 2.24) is 25.4 Å². The molecule has 0 fully saturated rings. The predicted octanol–water partition coefficient (Wildman–Crippen LogP) is 2.84. The van der Waals surface area contributed by atoms with Crippen molar-refractivity contribution in [3.63, 3.8) is 0 Å². The summed E-state index contributed by atoms with van der Waals surface area (Å²) in [5.41, 5.74) is -0.346. The van der Waals surface area contributed by atoms with Crippen molar-refractivity contribution >= 4 is 23.6 Å². The van der Waals surface area contributed by atoms with Crippen LogP contribution in [-0.2, 0) is 11.8 Å². The summed E-state index contributed by atoms with van der Waals surface area (Å²) in [6, 6.07) is 5.30. The van der Waals surface area contributed by atoms with Crippen LogP contribution in [0.5, 0.6) is 0 Å². The van der Waals surface area contributed by atoms with Gasteiger partial charge in [0.2, 0.25) is 5.91 Å². The molecule has 0 unspecified atom stereocenters. The zero-order chi connectivity index (χ0) is 21.1. The number of nitrogens with one attached hydrogen (secondary N) is 2. The Morgan fingerprint density at radius 3 is 2.43 bits per heavy atom. The monoisotopic (exact) mass is 407 g/mol. The number of aromatic nitrogens is 3. The molecule has 1 heterocycles. The highest BCUT2D eigenvalue weighted by atomic mass is 32.2. The fourth-order valence-electron chi connectivity index (χ4n) is 2.47. The van der Waals surface area contributed by atoms with Crippen LogP contribution in [0.2, 0.25) is 0 Å². The van der Waals surface area contributed by atoms with Crippen molar-refractivity contribution in [3.05, 3.63) is 41.5 Å². The van der Waals surface area contributed by atoms with Crippen LogP contribution in [0.1, 0.15) is 56.8 Å². The first-order chi connectivity index (χ1) is 13.0. The highest BCUT2D eigenvalue weighted by Crippen LogP contribution is 2.24. The van der Waals surface area contributed by atoms with Crippen molar-refractivity contribution < 1.29 is 14.0 Å². The molecule has 0 radical (unpaired) electrons. The summed E-state index contributed by atoms with van der Waals surface area (Å²) in [4.78, 5) is 24.6. The van der Waals surface area contributed by atoms with Crippen molar-refractivity contribution in [2.45, 2.75) is 56.6 Å². The molecule has 28 heavy (non-hydrogen) atoms. The Hall–Kier alpha value is -2.42. The second-order valence-electron chi connectivity index (χ2n) is 7.57. The molecule has 152 valence electrons. The number of halogens is 1. The number of carbonyl (C=O) groups excluding carboxylic acids is 2. The van der Waals surface area contributed by atoms with Gasteiger partial charge in [-0.1, -0.05) is 23.9 Å². The average molecular weight is 408 g/mol. The third-order valence-electron chi connectivity index (χ3n) is 3.87. The van der Waals surface area contributed by atoms with E-state index in [0.717, 1.165) is 0 Å². The first-order valence-electron chi connectivity index (χ1n) is 8.93. The van der Waals surface area contributed by atoms with Crippen molar-refractivity contribution in [2.75, 3.05) is 0 Å². The van der Waals surface area contributed by atoms with Crippen molar-refractivity contribution in [2.24, 2.45) is 7.05 Å². The molecule has 0 aliphatic rings. The summed E-state index contributed by atoms with van der Waals surface area (Å²) in [5.74, 6) is -0.695. The van der Waals surface area contributed by atoms with Crippen LogP contribution >= 0.6 is 11.8 Å². The van der Waals surface area contributed by atoms with Gasteiger partial charge in [0.15, 0.2) is 11.0 Å². The van der Waals surface area contributed by atoms with Crippen LogP contribution in [-0.4, -0.2) is 37.4 Å². The Morgan fingerprint density at radius 2 is 1.82 bits per heavy atom. The van der Waals surface area contributed by atoms with Gasteiger partial charge in [0.1, 0.15) is 5.82 Å². The summed E-state index contributed by atoms with van der Waals surface area (Å²) in [7, 11) is 1.76. The molecular weight excluding hydrogens is 381 g/mol. The molecule has 2 N–H and O–H groups in total. The molecule has 0 aliphatic carbocycles. The van der Waals surface area contributed by atoms with E-state index in [-0.39, 0.29) is 22.3 Å². The highest BCUT2D eigenvalue weighted by Gasteiger charge is 2.24. The highest BCUT2D eigenvalue weighted by molar-refractivity contribution is 8.00. The first kappa shape index (κ1) is 21.9. The van der Waals surface area contributed by atoms with Crippen LogP contribution in [0.3, 0.4) is 0 Å². The van der Waals surface area contributed by atoms with Crippen LogP contribution < -0.4 is 10.6 Å². The Kier molecular flexibility index (Phi) is 6.82. The molecule has 2 rings (SSSR count). The van der Waals surface area contributed by atoms with E-state index in [1.54, 1.807) is 31.5 Å². The molecule has 0 aliphatic heterocycles. The molecule has 2 amide bonds. The maximum absolute atomic E-state index is 13.8. The van der Waals surface area contributed by atoms with E-state index < -0.39 is 17.8 Å². The number of amides is 2. The fourth-order valence-corrected chi connectivity index (χ4v) is 3.29. The number of hydrogen-bond acceptors (Lipinski definition) is 5. The molecule has 0 bridgehead atoms. The largest absolute Gasteiger partial charge is 0.351 e. The number of benzene rings is 1. The molecule has 2 aromatic rings. The summed E-state index contributed by atoms with van der Waals surface area (Å²) in [5, 5.41) is 14.1. The zero-order valence-corrected chi connectivity index (χ0v) is 17.7. The van der Waals surface area contributed by atoms with Crippen LogP contribution in [0.4, 0.5) is 4.39 Å². The van der Waals surface area contributed by atoms with E-state index in [9.17, 15) is 14.0 Å². The molecule has 2 atom stereocenters. The molecular formula is C19H26FN5O2S. The van der Waals surface area contributed by atoms with Gasteiger partial charge in [-0.3, -0.25) is 9.59 Å². The first-order valence-corrected chi connectivity index (χ1v) is 9.81. The molecule has 9 heteroatoms. The lowest BCUT2D eigenvalue weighted by Crippen LogP contribution is -2.44. The number of hydrogen-bond donors (Lipinski definition) is 2. The van der Waals surface area contributed by atoms with Gasteiger partial charge < -0.3 is 15.2 Å². The third-order valence-corrected chi connectivity index (χ3v) is 5.01. The second-order valence-corrected chi connectivity index (χ2v) is 8.88. The minimum Gasteiger partial charge on any atom is -0.351 e. The topological polar surface area (TPSA) is 88.9 Å². The Bertz CT molecular complexity index is 862. The van der Waals surface area contributed by atoms with Gasteiger partial charge in [-0.15, -0.1) is 10.2 Å². The molecule has 7 nitrogen and oxygen atoms in total. The second kappa shape index (κ2) is 8.72. The molecule has 1 aromatic carbocycles. The van der Waals surface area contributed by atoms with Crippen molar-refractivity contribution in [3.8, 4) is 0 Å². The minimum atomic E-state index is -0.583. The van der Waals surface area contributed by atoms with Gasteiger partial charge in [-0.25, -0.2) is 4.39 Å². The quantitative estimate of drug-likeness (QED) is 0.719. The Morgan fingerprint density at radius 1 is 1.18 bits per heavy atom. The Balaban J connectivity index is 2.06. The number of carbonyl (C=O) groups is 2. The summed E-state index contributed by atoms with van der Waals surface area (Å²) in [6.07, 6.45) is 0. The van der Waals surface area contributed by atoms with Gasteiger partial charge in [0, 0.05) is 12.6 Å². The van der Waals surface area contributed by atoms with Crippen LogP contribution in [0.15, 0.2) is 29.4 Å². The lowest BCUT2D eigenvalue weighted by Gasteiger charge is -2.22. The average Bonchev–Trinajstić information content (AvgIpc) is 2.94. The van der Waals surface area contributed by atoms with Crippen molar-refractivity contribution in [1.29, 1.82) is 0 Å². The molecule has 1 aromatic heterocycles. The fraction of sp³-hybridized carbons (Fsp3) is 0.474. The van der Waals surface area contributed by atoms with Crippen LogP contribution in [0.25, 0.3) is 0 Å². The Labute approximate surface area is 168 Å². The maximum atomic E-state index is 13.8. The van der Waals surface area contributed by atoms with Gasteiger partial charge in [-0.2, -0.15) is 0 Å². The minimum absolute atomic E-state index is 0.0291. The smallest absolute Gasteiger partial charge is 0.254 e. The van der Waals surface area contributed by atoms with E-state index in [1.807, 2.05) is 20.8 Å². The number of thioether (sulfide) groups is 1. The lowest BCUT2D eigenvalue weighted by molar-refractivity contribution is -0.121. The molecule has 0 saturated carbocycles. The molecule has 0 spiro atoms. The SMILES string of the molecule is C[C@@H](Sc1nnc([C@@H](C)NC(=O)c2ccccc2F)n1C)C(=O)NC(C)(C)C. The van der Waals surface area contributed by atoms with E-state index in [4.69, 9.17) is 0 Å². The van der Waals surface area contributed by atoms with E-state index in [1.165, 1.54) is 30.0 Å². The van der Waals surface area contributed by atoms with Crippen LogP contribution in [0, 0.1) is 5.82 Å². The normalized spacial score (nSPS) is 13.7. The number of nitrogens with zero attached hydrogens (tertiary/aromatic N) is 3.